The number of hydrogen-bond acceptors (Lipinski definition) is 3. The highest BCUT2D eigenvalue weighted by Gasteiger charge is 2.17. The Morgan fingerprint density at radius 2 is 2.29 bits per heavy atom. The Hall–Kier alpha value is -1.41. The first kappa shape index (κ1) is 10.7. The van der Waals surface area contributed by atoms with E-state index >= 15 is 0 Å². The Labute approximate surface area is 84.1 Å². The highest BCUT2D eigenvalue weighted by atomic mass is 35.5. The largest absolute Gasteiger partial charge is 0.396 e. The molecule has 0 aliphatic rings. The van der Waals surface area contributed by atoms with Crippen molar-refractivity contribution in [2.24, 2.45) is 0 Å². The van der Waals surface area contributed by atoms with Crippen LogP contribution in [0.4, 0.5) is 14.5 Å². The quantitative estimate of drug-likeness (QED) is 0.773. The Kier molecular flexibility index (Phi) is 3.20. The fraction of sp³-hybridized carbons (Fsp3) is 0.250. The van der Waals surface area contributed by atoms with E-state index in [1.807, 2.05) is 0 Å². The number of pyridine rings is 1. The standard InChI is InChI=1S/C8H6ClF2N3/c9-2-5-1-4(3-12)6(13)7(14-5)8(10)11/h1,8H,2,13H2. The van der Waals surface area contributed by atoms with Gasteiger partial charge < -0.3 is 5.73 Å². The lowest BCUT2D eigenvalue weighted by atomic mass is 10.1. The van der Waals surface area contributed by atoms with Crippen LogP contribution in [0.1, 0.15) is 23.4 Å². The van der Waals surface area contributed by atoms with Crippen molar-refractivity contribution in [3.05, 3.63) is 23.0 Å². The second kappa shape index (κ2) is 4.20. The molecule has 1 aromatic rings. The summed E-state index contributed by atoms with van der Waals surface area (Å²) in [5.41, 5.74) is 4.64. The van der Waals surface area contributed by atoms with Crippen molar-refractivity contribution in [3.8, 4) is 6.07 Å². The van der Waals surface area contributed by atoms with Gasteiger partial charge >= 0.3 is 0 Å². The Morgan fingerprint density at radius 3 is 2.71 bits per heavy atom. The zero-order valence-electron chi connectivity index (χ0n) is 6.97. The minimum absolute atomic E-state index is 0.0223. The van der Waals surface area contributed by atoms with Gasteiger partial charge in [-0.2, -0.15) is 5.26 Å². The van der Waals surface area contributed by atoms with Gasteiger partial charge in [0.15, 0.2) is 0 Å². The smallest absolute Gasteiger partial charge is 0.282 e. The van der Waals surface area contributed by atoms with Gasteiger partial charge in [0.2, 0.25) is 0 Å². The highest BCUT2D eigenvalue weighted by Crippen LogP contribution is 2.26. The van der Waals surface area contributed by atoms with E-state index in [1.54, 1.807) is 6.07 Å². The summed E-state index contributed by atoms with van der Waals surface area (Å²) in [6.45, 7) is 0. The van der Waals surface area contributed by atoms with Gasteiger partial charge in [-0.15, -0.1) is 11.6 Å². The molecular formula is C8H6ClF2N3. The average Bonchev–Trinajstić information content (AvgIpc) is 2.17. The van der Waals surface area contributed by atoms with Crippen LogP contribution < -0.4 is 5.73 Å². The Morgan fingerprint density at radius 1 is 1.64 bits per heavy atom. The van der Waals surface area contributed by atoms with E-state index in [1.165, 1.54) is 6.07 Å². The van der Waals surface area contributed by atoms with Gasteiger partial charge in [0.25, 0.3) is 6.43 Å². The lowest BCUT2D eigenvalue weighted by Crippen LogP contribution is -2.04. The number of alkyl halides is 3. The number of hydrogen-bond donors (Lipinski definition) is 1. The van der Waals surface area contributed by atoms with Crippen LogP contribution in [0.2, 0.25) is 0 Å². The minimum Gasteiger partial charge on any atom is -0.396 e. The maximum Gasteiger partial charge on any atom is 0.282 e. The van der Waals surface area contributed by atoms with Crippen LogP contribution in [-0.2, 0) is 5.88 Å². The molecule has 1 rings (SSSR count). The van der Waals surface area contributed by atoms with Gasteiger partial charge in [0.05, 0.1) is 22.8 Å². The number of halogens is 3. The highest BCUT2D eigenvalue weighted by molar-refractivity contribution is 6.16. The van der Waals surface area contributed by atoms with Crippen LogP contribution in [0.15, 0.2) is 6.07 Å². The summed E-state index contributed by atoms with van der Waals surface area (Å²) in [5.74, 6) is -0.0331. The molecule has 0 fully saturated rings. The lowest BCUT2D eigenvalue weighted by Gasteiger charge is -2.06. The van der Waals surface area contributed by atoms with Crippen molar-refractivity contribution < 1.29 is 8.78 Å². The molecule has 0 saturated carbocycles. The van der Waals surface area contributed by atoms with Gasteiger partial charge in [-0.25, -0.2) is 13.8 Å². The molecule has 6 heteroatoms. The fourth-order valence-electron chi connectivity index (χ4n) is 0.957. The molecule has 0 atom stereocenters. The number of nitrogen functional groups attached to an aromatic ring is 1. The molecule has 0 bridgehead atoms. The zero-order valence-corrected chi connectivity index (χ0v) is 7.72. The summed E-state index contributed by atoms with van der Waals surface area (Å²) in [4.78, 5) is 3.54. The topological polar surface area (TPSA) is 62.7 Å². The molecule has 0 aromatic carbocycles. The third kappa shape index (κ3) is 1.91. The van der Waals surface area contributed by atoms with Crippen molar-refractivity contribution in [1.29, 1.82) is 5.26 Å². The molecule has 2 N–H and O–H groups in total. The molecule has 0 aliphatic carbocycles. The van der Waals surface area contributed by atoms with Crippen LogP contribution in [-0.4, -0.2) is 4.98 Å². The molecule has 1 aromatic heterocycles. The minimum atomic E-state index is -2.80. The average molecular weight is 218 g/mol. The molecule has 1 heterocycles. The summed E-state index contributed by atoms with van der Waals surface area (Å²) in [7, 11) is 0. The summed E-state index contributed by atoms with van der Waals surface area (Å²) in [6.07, 6.45) is -2.80. The molecular weight excluding hydrogens is 212 g/mol. The summed E-state index contributed by atoms with van der Waals surface area (Å²) < 4.78 is 24.7. The third-order valence-corrected chi connectivity index (χ3v) is 1.88. The van der Waals surface area contributed by atoms with E-state index < -0.39 is 12.1 Å². The van der Waals surface area contributed by atoms with Crippen molar-refractivity contribution in [2.75, 3.05) is 5.73 Å². The van der Waals surface area contributed by atoms with E-state index in [2.05, 4.69) is 4.98 Å². The normalized spacial score (nSPS) is 10.2. The molecule has 0 unspecified atom stereocenters. The number of nitriles is 1. The van der Waals surface area contributed by atoms with Crippen molar-refractivity contribution >= 4 is 17.3 Å². The van der Waals surface area contributed by atoms with E-state index in [4.69, 9.17) is 22.6 Å². The van der Waals surface area contributed by atoms with Crippen LogP contribution >= 0.6 is 11.6 Å². The van der Waals surface area contributed by atoms with Crippen LogP contribution in [0.5, 0.6) is 0 Å². The SMILES string of the molecule is N#Cc1cc(CCl)nc(C(F)F)c1N. The molecule has 0 radical (unpaired) electrons. The maximum absolute atomic E-state index is 12.4. The predicted octanol–water partition coefficient (Wildman–Crippen LogP) is 2.21. The number of rotatable bonds is 2. The van der Waals surface area contributed by atoms with Crippen LogP contribution in [0.25, 0.3) is 0 Å². The van der Waals surface area contributed by atoms with Gasteiger partial charge in [0.1, 0.15) is 11.8 Å². The molecule has 3 nitrogen and oxygen atoms in total. The summed E-state index contributed by atoms with van der Waals surface area (Å²) >= 11 is 5.43. The fourth-order valence-corrected chi connectivity index (χ4v) is 1.09. The molecule has 0 spiro atoms. The number of anilines is 1. The first-order valence-electron chi connectivity index (χ1n) is 3.63. The van der Waals surface area contributed by atoms with E-state index in [-0.39, 0.29) is 22.8 Å². The molecule has 0 aliphatic heterocycles. The Bertz CT molecular complexity index is 387. The molecule has 74 valence electrons. The zero-order chi connectivity index (χ0) is 10.7. The first-order valence-corrected chi connectivity index (χ1v) is 4.17. The number of aromatic nitrogens is 1. The van der Waals surface area contributed by atoms with Crippen molar-refractivity contribution in [3.63, 3.8) is 0 Å². The maximum atomic E-state index is 12.4. The van der Waals surface area contributed by atoms with E-state index in [9.17, 15) is 8.78 Å². The number of nitrogens with zero attached hydrogens (tertiary/aromatic N) is 2. The lowest BCUT2D eigenvalue weighted by molar-refractivity contribution is 0.147. The molecule has 14 heavy (non-hydrogen) atoms. The van der Waals surface area contributed by atoms with Crippen molar-refractivity contribution in [2.45, 2.75) is 12.3 Å². The van der Waals surface area contributed by atoms with Crippen LogP contribution in [0.3, 0.4) is 0 Å². The Balaban J connectivity index is 3.36. The third-order valence-electron chi connectivity index (χ3n) is 1.61. The number of nitrogens with two attached hydrogens (primary N) is 1. The van der Waals surface area contributed by atoms with Crippen LogP contribution in [0, 0.1) is 11.3 Å². The first-order chi connectivity index (χ1) is 6.60. The predicted molar refractivity (Wildman–Crippen MR) is 47.9 cm³/mol. The van der Waals surface area contributed by atoms with Gasteiger partial charge in [0, 0.05) is 0 Å². The second-order valence-corrected chi connectivity index (χ2v) is 2.77. The van der Waals surface area contributed by atoms with Gasteiger partial charge in [-0.1, -0.05) is 0 Å². The molecule has 0 amide bonds. The van der Waals surface area contributed by atoms with E-state index in [0.29, 0.717) is 0 Å². The second-order valence-electron chi connectivity index (χ2n) is 2.51. The summed E-state index contributed by atoms with van der Waals surface area (Å²) in [6, 6.07) is 3.01. The van der Waals surface area contributed by atoms with Crippen molar-refractivity contribution in [1.82, 2.24) is 4.98 Å². The molecule has 0 saturated heterocycles. The summed E-state index contributed by atoms with van der Waals surface area (Å²) in [5, 5.41) is 8.60. The monoisotopic (exact) mass is 217 g/mol. The van der Waals surface area contributed by atoms with Gasteiger partial charge in [-0.3, -0.25) is 0 Å². The van der Waals surface area contributed by atoms with E-state index in [0.717, 1.165) is 0 Å². The van der Waals surface area contributed by atoms with Gasteiger partial charge in [-0.05, 0) is 6.07 Å².